The molecule has 0 bridgehead atoms. The largest absolute Gasteiger partial charge is 0.496 e. The van der Waals surface area contributed by atoms with Gasteiger partial charge in [0.25, 0.3) is 0 Å². The monoisotopic (exact) mass is 432 g/mol. The predicted octanol–water partition coefficient (Wildman–Crippen LogP) is 5.49. The molecule has 0 saturated carbocycles. The van der Waals surface area contributed by atoms with E-state index in [-0.39, 0.29) is 5.69 Å². The Hall–Kier alpha value is -2.68. The second-order valence-electron chi connectivity index (χ2n) is 8.05. The van der Waals surface area contributed by atoms with Gasteiger partial charge in [-0.25, -0.2) is 0 Å². The van der Waals surface area contributed by atoms with E-state index >= 15 is 0 Å². The lowest BCUT2D eigenvalue weighted by atomic mass is 9.81. The fraction of sp³-hybridized carbons (Fsp3) is 0.478. The number of methoxy groups -OCH3 is 2. The van der Waals surface area contributed by atoms with Crippen LogP contribution in [0.3, 0.4) is 0 Å². The molecule has 0 amide bonds. The zero-order valence-corrected chi connectivity index (χ0v) is 18.8. The zero-order valence-electron chi connectivity index (χ0n) is 18.8. The van der Waals surface area contributed by atoms with Crippen LogP contribution < -0.4 is 15.0 Å². The molecule has 0 fully saturated rings. The van der Waals surface area contributed by atoms with E-state index in [2.05, 4.69) is 17.2 Å². The molecule has 31 heavy (non-hydrogen) atoms. The Kier molecular flexibility index (Phi) is 8.38. The Morgan fingerprint density at radius 1 is 1.26 bits per heavy atom. The smallest absolute Gasteiger partial charge is 0.135 e. The van der Waals surface area contributed by atoms with Gasteiger partial charge in [-0.15, -0.1) is 11.5 Å². The quantitative estimate of drug-likeness (QED) is 0.176. The van der Waals surface area contributed by atoms with E-state index in [0.29, 0.717) is 53.0 Å². The number of fused-ring (bicyclic) bond motifs is 1. The molecule has 170 valence electrons. The molecule has 2 aromatic carbocycles. The summed E-state index contributed by atoms with van der Waals surface area (Å²) in [6.07, 6.45) is 2.19. The highest BCUT2D eigenvalue weighted by Crippen LogP contribution is 2.50. The molecular weight excluding hydrogens is 400 g/mol. The maximum atomic E-state index is 11.6. The minimum atomic E-state index is -0.502. The van der Waals surface area contributed by atoms with E-state index in [1.807, 2.05) is 13.8 Å². The van der Waals surface area contributed by atoms with Gasteiger partial charge in [-0.2, -0.15) is 0 Å². The highest BCUT2D eigenvalue weighted by Gasteiger charge is 2.34. The first-order chi connectivity index (χ1) is 14.7. The number of ether oxygens (including phenoxy) is 3. The Morgan fingerprint density at radius 2 is 1.97 bits per heavy atom. The lowest BCUT2D eigenvalue weighted by Gasteiger charge is -2.33. The van der Waals surface area contributed by atoms with Crippen molar-refractivity contribution >= 4 is 22.1 Å². The number of nitroso groups, excluding NO2 is 1. The summed E-state index contributed by atoms with van der Waals surface area (Å²) < 4.78 is 17.6. The number of rotatable bonds is 12. The van der Waals surface area contributed by atoms with Crippen LogP contribution in [-0.4, -0.2) is 37.2 Å². The second kappa shape index (κ2) is 10.6. The van der Waals surface area contributed by atoms with E-state index in [9.17, 15) is 15.2 Å². The molecule has 0 spiro atoms. The van der Waals surface area contributed by atoms with Crippen molar-refractivity contribution in [1.29, 1.82) is 0 Å². The molecule has 0 aliphatic heterocycles. The van der Waals surface area contributed by atoms with E-state index in [0.717, 1.165) is 0 Å². The number of nitrogens with one attached hydrogen (secondary N) is 1. The van der Waals surface area contributed by atoms with E-state index in [1.54, 1.807) is 25.1 Å². The van der Waals surface area contributed by atoms with Crippen LogP contribution in [0.4, 0.5) is 11.4 Å². The molecule has 0 radical (unpaired) electrons. The molecule has 0 saturated heterocycles. The van der Waals surface area contributed by atoms with Crippen molar-refractivity contribution in [1.82, 2.24) is 0 Å². The third-order valence-corrected chi connectivity index (χ3v) is 5.38. The van der Waals surface area contributed by atoms with Crippen molar-refractivity contribution in [2.45, 2.75) is 45.8 Å². The lowest BCUT2D eigenvalue weighted by molar-refractivity contribution is -0.0132. The summed E-state index contributed by atoms with van der Waals surface area (Å²) in [6.45, 7) is 10.1. The van der Waals surface area contributed by atoms with Gasteiger partial charge < -0.3 is 19.3 Å². The van der Waals surface area contributed by atoms with Gasteiger partial charge in [-0.3, -0.25) is 10.7 Å². The van der Waals surface area contributed by atoms with Gasteiger partial charge in [0.1, 0.15) is 17.2 Å². The van der Waals surface area contributed by atoms with Crippen LogP contribution >= 0.6 is 0 Å². The van der Waals surface area contributed by atoms with Crippen molar-refractivity contribution in [2.75, 3.05) is 26.3 Å². The van der Waals surface area contributed by atoms with E-state index in [4.69, 9.17) is 14.2 Å². The van der Waals surface area contributed by atoms with Crippen molar-refractivity contribution in [3.05, 3.63) is 41.3 Å². The second-order valence-corrected chi connectivity index (χ2v) is 8.05. The SMILES string of the molecule is C=CC(C)(C)C(OCCCC(C)O)c1cc(OC)c2c(NO)ccc(N=O)c2c1OC. The fourth-order valence-electron chi connectivity index (χ4n) is 3.64. The average Bonchev–Trinajstić information content (AvgIpc) is 2.76. The van der Waals surface area contributed by atoms with Gasteiger partial charge in [0.15, 0.2) is 0 Å². The molecule has 2 atom stereocenters. The molecule has 0 aliphatic carbocycles. The summed E-state index contributed by atoms with van der Waals surface area (Å²) in [4.78, 5) is 11.6. The normalized spacial score (nSPS) is 13.5. The molecule has 3 N–H and O–H groups in total. The van der Waals surface area contributed by atoms with Crippen LogP contribution in [0.5, 0.6) is 11.5 Å². The lowest BCUT2D eigenvalue weighted by Crippen LogP contribution is -2.24. The molecule has 2 aromatic rings. The molecule has 0 aromatic heterocycles. The topological polar surface area (TPSA) is 110 Å². The van der Waals surface area contributed by atoms with Gasteiger partial charge in [-0.05, 0) is 43.1 Å². The summed E-state index contributed by atoms with van der Waals surface area (Å²) in [5, 5.41) is 23.2. The first-order valence-electron chi connectivity index (χ1n) is 10.1. The van der Waals surface area contributed by atoms with Crippen LogP contribution in [-0.2, 0) is 4.74 Å². The van der Waals surface area contributed by atoms with Crippen molar-refractivity contribution < 1.29 is 24.5 Å². The number of aliphatic hydroxyl groups is 1. The van der Waals surface area contributed by atoms with Crippen LogP contribution in [0, 0.1) is 10.3 Å². The maximum Gasteiger partial charge on any atom is 0.135 e. The van der Waals surface area contributed by atoms with Crippen molar-refractivity contribution in [3.8, 4) is 11.5 Å². The molecule has 2 rings (SSSR count). The average molecular weight is 433 g/mol. The highest BCUT2D eigenvalue weighted by molar-refractivity contribution is 6.08. The van der Waals surface area contributed by atoms with Gasteiger partial charge in [0.05, 0.1) is 42.9 Å². The first-order valence-corrected chi connectivity index (χ1v) is 10.1. The first kappa shape index (κ1) is 24.6. The number of nitrogens with zero attached hydrogens (tertiary/aromatic N) is 1. The Labute approximate surface area is 182 Å². The van der Waals surface area contributed by atoms with E-state index in [1.165, 1.54) is 20.3 Å². The number of hydrogen-bond donors (Lipinski definition) is 3. The summed E-state index contributed by atoms with van der Waals surface area (Å²) in [5.41, 5.74) is 2.80. The molecule has 0 heterocycles. The van der Waals surface area contributed by atoms with Crippen LogP contribution in [0.25, 0.3) is 10.8 Å². The summed E-state index contributed by atoms with van der Waals surface area (Å²) >= 11 is 0. The van der Waals surface area contributed by atoms with Gasteiger partial charge >= 0.3 is 0 Å². The van der Waals surface area contributed by atoms with Crippen LogP contribution in [0.15, 0.2) is 36.0 Å². The van der Waals surface area contributed by atoms with Crippen LogP contribution in [0.1, 0.15) is 45.3 Å². The molecule has 8 nitrogen and oxygen atoms in total. The maximum absolute atomic E-state index is 11.6. The Morgan fingerprint density at radius 3 is 2.48 bits per heavy atom. The molecule has 0 aliphatic rings. The van der Waals surface area contributed by atoms with Gasteiger partial charge in [0.2, 0.25) is 0 Å². The number of benzene rings is 2. The number of aliphatic hydroxyl groups excluding tert-OH is 1. The third-order valence-electron chi connectivity index (χ3n) is 5.38. The van der Waals surface area contributed by atoms with Crippen molar-refractivity contribution in [3.63, 3.8) is 0 Å². The summed E-state index contributed by atoms with van der Waals surface area (Å²) in [6, 6.07) is 4.82. The Balaban J connectivity index is 2.77. The minimum absolute atomic E-state index is 0.148. The van der Waals surface area contributed by atoms with Crippen LogP contribution in [0.2, 0.25) is 0 Å². The van der Waals surface area contributed by atoms with Gasteiger partial charge in [0, 0.05) is 17.6 Å². The van der Waals surface area contributed by atoms with Crippen molar-refractivity contribution in [2.24, 2.45) is 10.6 Å². The van der Waals surface area contributed by atoms with E-state index < -0.39 is 17.6 Å². The highest BCUT2D eigenvalue weighted by atomic mass is 16.5. The number of hydrogen-bond acceptors (Lipinski definition) is 8. The Bertz CT molecular complexity index is 926. The molecular formula is C23H32N2O6. The zero-order chi connectivity index (χ0) is 23.2. The molecule has 2 unspecified atom stereocenters. The predicted molar refractivity (Wildman–Crippen MR) is 122 cm³/mol. The standard InChI is InChI=1S/C23H32N2O6/c1-7-23(3,4)22(31-12-8-9-14(2)26)15-13-18(29-5)19-16(24-27)10-11-17(25-28)20(19)21(15)30-6/h7,10-11,13-14,22,24,26-27H,1,8-9,12H2,2-6H3. The molecule has 8 heteroatoms. The number of anilines is 1. The summed E-state index contributed by atoms with van der Waals surface area (Å²) in [5.74, 6) is 0.822. The minimum Gasteiger partial charge on any atom is -0.496 e. The third kappa shape index (κ3) is 5.15. The van der Waals surface area contributed by atoms with Gasteiger partial charge in [-0.1, -0.05) is 19.9 Å². The summed E-state index contributed by atoms with van der Waals surface area (Å²) in [7, 11) is 3.01. The fourth-order valence-corrected chi connectivity index (χ4v) is 3.64.